The molecule has 0 aliphatic rings. The number of amides is 1. The van der Waals surface area contributed by atoms with Gasteiger partial charge in [-0.25, -0.2) is 9.67 Å². The van der Waals surface area contributed by atoms with Crippen LogP contribution >= 0.6 is 11.3 Å². The molecule has 0 saturated carbocycles. The summed E-state index contributed by atoms with van der Waals surface area (Å²) >= 11 is 1.65. The van der Waals surface area contributed by atoms with Crippen molar-refractivity contribution in [3.05, 3.63) is 16.1 Å². The predicted molar refractivity (Wildman–Crippen MR) is 75.1 cm³/mol. The lowest BCUT2D eigenvalue weighted by Crippen LogP contribution is -2.30. The second-order valence-corrected chi connectivity index (χ2v) is 5.52. The summed E-state index contributed by atoms with van der Waals surface area (Å²) in [5.74, 6) is 0.385. The summed E-state index contributed by atoms with van der Waals surface area (Å²) in [6, 6.07) is 0. The Morgan fingerprint density at radius 1 is 1.55 bits per heavy atom. The average Bonchev–Trinajstić information content (AvgIpc) is 3.00. The Balaban J connectivity index is 1.75. The molecule has 1 amide bonds. The van der Waals surface area contributed by atoms with E-state index in [1.54, 1.807) is 11.3 Å². The molecule has 2 rings (SSSR count). The van der Waals surface area contributed by atoms with E-state index in [2.05, 4.69) is 39.7 Å². The number of nitrogens with one attached hydrogen (secondary N) is 1. The van der Waals surface area contributed by atoms with Crippen molar-refractivity contribution in [3.8, 4) is 0 Å². The molecular weight excluding hydrogens is 278 g/mol. The monoisotopic (exact) mass is 295 g/mol. The number of hydrogen-bond acceptors (Lipinski definition) is 7. The number of carbonyl (C=O) groups excluding carboxylic acids is 1. The number of nitrogen functional groups attached to an aromatic ring is 1. The van der Waals surface area contributed by atoms with Crippen LogP contribution in [-0.2, 0) is 17.8 Å². The van der Waals surface area contributed by atoms with E-state index >= 15 is 0 Å². The van der Waals surface area contributed by atoms with Crippen LogP contribution in [0.3, 0.4) is 0 Å². The van der Waals surface area contributed by atoms with Crippen LogP contribution in [0.4, 0.5) is 5.95 Å². The Bertz CT molecular complexity index is 577. The average molecular weight is 295 g/mol. The molecule has 8 nitrogen and oxygen atoms in total. The highest BCUT2D eigenvalue weighted by molar-refractivity contribution is 7.09. The summed E-state index contributed by atoms with van der Waals surface area (Å²) in [6.45, 7) is 4.77. The largest absolute Gasteiger partial charge is 0.367 e. The second kappa shape index (κ2) is 6.42. The lowest BCUT2D eigenvalue weighted by molar-refractivity contribution is -0.121. The number of anilines is 1. The summed E-state index contributed by atoms with van der Waals surface area (Å²) in [5, 5.41) is 16.4. The van der Waals surface area contributed by atoms with Crippen molar-refractivity contribution in [1.29, 1.82) is 0 Å². The van der Waals surface area contributed by atoms with Gasteiger partial charge in [-0.05, 0) is 10.4 Å². The van der Waals surface area contributed by atoms with E-state index in [1.807, 2.05) is 5.38 Å². The maximum absolute atomic E-state index is 11.7. The van der Waals surface area contributed by atoms with Gasteiger partial charge < -0.3 is 11.1 Å². The fourth-order valence-corrected chi connectivity index (χ4v) is 2.42. The molecule has 108 valence electrons. The summed E-state index contributed by atoms with van der Waals surface area (Å²) in [7, 11) is 0. The molecular formula is C11H17N7OS. The van der Waals surface area contributed by atoms with Crippen molar-refractivity contribution >= 4 is 23.2 Å². The van der Waals surface area contributed by atoms with Gasteiger partial charge in [-0.1, -0.05) is 18.9 Å². The van der Waals surface area contributed by atoms with Gasteiger partial charge in [0.15, 0.2) is 0 Å². The molecule has 2 heterocycles. The summed E-state index contributed by atoms with van der Waals surface area (Å²) in [6.07, 6.45) is 0.708. The number of aromatic nitrogens is 5. The van der Waals surface area contributed by atoms with Crippen molar-refractivity contribution in [2.75, 3.05) is 12.3 Å². The number of rotatable bonds is 6. The number of tetrazole rings is 1. The number of hydrogen-bond donors (Lipinski definition) is 2. The van der Waals surface area contributed by atoms with Crippen LogP contribution in [0.2, 0.25) is 0 Å². The summed E-state index contributed by atoms with van der Waals surface area (Å²) in [4.78, 5) is 16.2. The van der Waals surface area contributed by atoms with E-state index in [4.69, 9.17) is 5.73 Å². The number of thiazole rings is 1. The van der Waals surface area contributed by atoms with Gasteiger partial charge in [-0.15, -0.1) is 11.3 Å². The van der Waals surface area contributed by atoms with Crippen molar-refractivity contribution in [2.24, 2.45) is 0 Å². The zero-order chi connectivity index (χ0) is 14.5. The van der Waals surface area contributed by atoms with Crippen molar-refractivity contribution in [2.45, 2.75) is 32.7 Å². The Labute approximate surface area is 120 Å². The smallest absolute Gasteiger partial charge is 0.241 e. The van der Waals surface area contributed by atoms with Crippen LogP contribution in [0.15, 0.2) is 5.38 Å². The minimum Gasteiger partial charge on any atom is -0.367 e. The van der Waals surface area contributed by atoms with Gasteiger partial charge in [0.1, 0.15) is 6.54 Å². The first-order chi connectivity index (χ1) is 9.56. The van der Waals surface area contributed by atoms with E-state index in [1.165, 1.54) is 4.68 Å². The molecule has 0 aliphatic heterocycles. The molecule has 0 fully saturated rings. The highest BCUT2D eigenvalue weighted by atomic mass is 32.1. The van der Waals surface area contributed by atoms with Gasteiger partial charge in [0, 0.05) is 24.3 Å². The normalized spacial score (nSPS) is 10.9. The van der Waals surface area contributed by atoms with Gasteiger partial charge in [0.05, 0.1) is 10.7 Å². The van der Waals surface area contributed by atoms with E-state index in [0.29, 0.717) is 18.9 Å². The molecule has 0 atom stereocenters. The Morgan fingerprint density at radius 3 is 2.95 bits per heavy atom. The fraction of sp³-hybridized carbons (Fsp3) is 0.545. The van der Waals surface area contributed by atoms with Gasteiger partial charge in [-0.2, -0.15) is 0 Å². The maximum atomic E-state index is 11.7. The maximum Gasteiger partial charge on any atom is 0.241 e. The molecule has 0 aliphatic carbocycles. The van der Waals surface area contributed by atoms with Crippen molar-refractivity contribution < 1.29 is 4.79 Å². The second-order valence-electron chi connectivity index (χ2n) is 4.63. The van der Waals surface area contributed by atoms with Gasteiger partial charge in [-0.3, -0.25) is 4.79 Å². The molecule has 2 aromatic rings. The highest BCUT2D eigenvalue weighted by Crippen LogP contribution is 2.19. The van der Waals surface area contributed by atoms with Gasteiger partial charge in [0.25, 0.3) is 0 Å². The lowest BCUT2D eigenvalue weighted by Gasteiger charge is -2.04. The quantitative estimate of drug-likeness (QED) is 0.787. The first-order valence-corrected chi connectivity index (χ1v) is 7.17. The molecule has 0 radical (unpaired) electrons. The number of carbonyl (C=O) groups is 1. The molecule has 0 saturated heterocycles. The molecule has 20 heavy (non-hydrogen) atoms. The fourth-order valence-electron chi connectivity index (χ4n) is 1.55. The van der Waals surface area contributed by atoms with E-state index in [-0.39, 0.29) is 18.4 Å². The van der Waals surface area contributed by atoms with Crippen LogP contribution in [0, 0.1) is 0 Å². The summed E-state index contributed by atoms with van der Waals surface area (Å²) < 4.78 is 1.25. The van der Waals surface area contributed by atoms with Crippen molar-refractivity contribution in [1.82, 2.24) is 30.5 Å². The van der Waals surface area contributed by atoms with Gasteiger partial charge >= 0.3 is 0 Å². The molecule has 0 aromatic carbocycles. The highest BCUT2D eigenvalue weighted by Gasteiger charge is 2.08. The minimum absolute atomic E-state index is 0.0210. The lowest BCUT2D eigenvalue weighted by atomic mass is 10.2. The van der Waals surface area contributed by atoms with Gasteiger partial charge in [0.2, 0.25) is 11.9 Å². The Morgan fingerprint density at radius 2 is 2.35 bits per heavy atom. The van der Waals surface area contributed by atoms with Crippen LogP contribution in [0.1, 0.15) is 30.5 Å². The topological polar surface area (TPSA) is 112 Å². The standard InChI is InChI=1S/C11H17N7OS/c1-7(2)10-14-8(6-20-10)3-4-13-9(19)5-18-11(12)15-16-17-18/h6-7H,3-5H2,1-2H3,(H,13,19)(H2,12,15,17). The van der Waals surface area contributed by atoms with Crippen LogP contribution in [0.25, 0.3) is 0 Å². The zero-order valence-corrected chi connectivity index (χ0v) is 12.2. The summed E-state index contributed by atoms with van der Waals surface area (Å²) in [5.41, 5.74) is 6.48. The van der Waals surface area contributed by atoms with Crippen LogP contribution in [0.5, 0.6) is 0 Å². The van der Waals surface area contributed by atoms with Crippen LogP contribution in [-0.4, -0.2) is 37.6 Å². The zero-order valence-electron chi connectivity index (χ0n) is 11.4. The van der Waals surface area contributed by atoms with E-state index < -0.39 is 0 Å². The molecule has 0 bridgehead atoms. The van der Waals surface area contributed by atoms with E-state index in [0.717, 1.165) is 10.7 Å². The Hall–Kier alpha value is -2.03. The molecule has 9 heteroatoms. The third-order valence-electron chi connectivity index (χ3n) is 2.62. The minimum atomic E-state index is -0.177. The Kier molecular flexibility index (Phi) is 4.61. The SMILES string of the molecule is CC(C)c1nc(CCNC(=O)Cn2nnnc2N)cs1. The molecule has 2 aromatic heterocycles. The molecule has 0 spiro atoms. The number of nitrogens with zero attached hydrogens (tertiary/aromatic N) is 5. The molecule has 3 N–H and O–H groups in total. The molecule has 0 unspecified atom stereocenters. The number of nitrogens with two attached hydrogens (primary N) is 1. The first-order valence-electron chi connectivity index (χ1n) is 6.29. The third-order valence-corrected chi connectivity index (χ3v) is 3.81. The van der Waals surface area contributed by atoms with E-state index in [9.17, 15) is 4.79 Å². The predicted octanol–water partition coefficient (Wildman–Crippen LogP) is 0.194. The van der Waals surface area contributed by atoms with Crippen molar-refractivity contribution in [3.63, 3.8) is 0 Å². The first kappa shape index (κ1) is 14.4. The van der Waals surface area contributed by atoms with Crippen LogP contribution < -0.4 is 11.1 Å². The third kappa shape index (κ3) is 3.73.